The Morgan fingerprint density at radius 2 is 1.79 bits per heavy atom. The predicted octanol–water partition coefficient (Wildman–Crippen LogP) is 5.01. The number of pyridine rings is 1. The van der Waals surface area contributed by atoms with Crippen LogP contribution in [0.3, 0.4) is 0 Å². The average molecular weight is 376 g/mol. The van der Waals surface area contributed by atoms with Crippen molar-refractivity contribution in [1.29, 1.82) is 0 Å². The number of ether oxygens (including phenoxy) is 2. The van der Waals surface area contributed by atoms with Crippen LogP contribution in [0.4, 0.5) is 0 Å². The van der Waals surface area contributed by atoms with Crippen molar-refractivity contribution in [3.63, 3.8) is 0 Å². The first-order valence-corrected chi connectivity index (χ1v) is 9.64. The van der Waals surface area contributed by atoms with E-state index in [2.05, 4.69) is 10.3 Å². The normalized spacial score (nSPS) is 14.5. The fraction of sp³-hybridized carbons (Fsp3) is 0.304. The van der Waals surface area contributed by atoms with Gasteiger partial charge < -0.3 is 14.8 Å². The smallest absolute Gasteiger partial charge is 0.217 e. The summed E-state index contributed by atoms with van der Waals surface area (Å²) in [7, 11) is 0. The standard InChI is InChI=1S/C23H24N2O3/c1-15(25-16(2)26)23-12-18-5-6-22(11-19(18)13-24-23)28-21-9-7-20(8-10-21)27-14-17-3-4-17/h5-13,15,17H,3-4,14H2,1-2H3,(H,25,26). The summed E-state index contributed by atoms with van der Waals surface area (Å²) in [6, 6.07) is 15.5. The van der Waals surface area contributed by atoms with Gasteiger partial charge in [-0.1, -0.05) is 6.07 Å². The molecular weight excluding hydrogens is 352 g/mol. The molecule has 0 spiro atoms. The second-order valence-electron chi connectivity index (χ2n) is 7.37. The van der Waals surface area contributed by atoms with Crippen LogP contribution in [0.1, 0.15) is 38.4 Å². The highest BCUT2D eigenvalue weighted by Gasteiger charge is 2.21. The minimum atomic E-state index is -0.126. The summed E-state index contributed by atoms with van der Waals surface area (Å²) in [5.74, 6) is 3.07. The lowest BCUT2D eigenvalue weighted by atomic mass is 10.1. The largest absolute Gasteiger partial charge is 0.493 e. The fourth-order valence-electron chi connectivity index (χ4n) is 3.05. The zero-order valence-corrected chi connectivity index (χ0v) is 16.1. The number of carbonyl (C=O) groups excluding carboxylic acids is 1. The van der Waals surface area contributed by atoms with E-state index in [1.807, 2.05) is 61.7 Å². The molecule has 3 aromatic rings. The molecule has 1 aliphatic carbocycles. The Morgan fingerprint density at radius 1 is 1.07 bits per heavy atom. The van der Waals surface area contributed by atoms with Gasteiger partial charge in [0.25, 0.3) is 0 Å². The van der Waals surface area contributed by atoms with Gasteiger partial charge in [-0.05, 0) is 73.5 Å². The first-order valence-electron chi connectivity index (χ1n) is 9.64. The minimum Gasteiger partial charge on any atom is -0.493 e. The van der Waals surface area contributed by atoms with Gasteiger partial charge in [-0.3, -0.25) is 9.78 Å². The second kappa shape index (κ2) is 7.89. The highest BCUT2D eigenvalue weighted by Crippen LogP contribution is 2.31. The molecule has 1 unspecified atom stereocenters. The molecule has 144 valence electrons. The van der Waals surface area contributed by atoms with E-state index in [9.17, 15) is 4.79 Å². The van der Waals surface area contributed by atoms with Gasteiger partial charge in [0.15, 0.2) is 0 Å². The predicted molar refractivity (Wildman–Crippen MR) is 109 cm³/mol. The van der Waals surface area contributed by atoms with Gasteiger partial charge in [-0.25, -0.2) is 0 Å². The van der Waals surface area contributed by atoms with Crippen LogP contribution < -0.4 is 14.8 Å². The maximum Gasteiger partial charge on any atom is 0.217 e. The lowest BCUT2D eigenvalue weighted by molar-refractivity contribution is -0.119. The fourth-order valence-corrected chi connectivity index (χ4v) is 3.05. The number of benzene rings is 2. The monoisotopic (exact) mass is 376 g/mol. The van der Waals surface area contributed by atoms with E-state index in [-0.39, 0.29) is 11.9 Å². The van der Waals surface area contributed by atoms with Gasteiger partial charge in [0.05, 0.1) is 18.3 Å². The van der Waals surface area contributed by atoms with Gasteiger partial charge in [0.2, 0.25) is 5.91 Å². The van der Waals surface area contributed by atoms with Crippen molar-refractivity contribution >= 4 is 16.7 Å². The lowest BCUT2D eigenvalue weighted by Gasteiger charge is -2.13. The number of hydrogen-bond acceptors (Lipinski definition) is 4. The Labute approximate surface area is 164 Å². The van der Waals surface area contributed by atoms with Crippen molar-refractivity contribution in [2.24, 2.45) is 5.92 Å². The number of fused-ring (bicyclic) bond motifs is 1. The Balaban J connectivity index is 1.44. The van der Waals surface area contributed by atoms with E-state index in [4.69, 9.17) is 9.47 Å². The Kier molecular flexibility index (Phi) is 5.15. The van der Waals surface area contributed by atoms with Crippen molar-refractivity contribution < 1.29 is 14.3 Å². The summed E-state index contributed by atoms with van der Waals surface area (Å²) in [4.78, 5) is 15.7. The summed E-state index contributed by atoms with van der Waals surface area (Å²) < 4.78 is 11.7. The summed E-state index contributed by atoms with van der Waals surface area (Å²) in [5.41, 5.74) is 0.832. The third-order valence-electron chi connectivity index (χ3n) is 4.82. The first-order chi connectivity index (χ1) is 13.6. The maximum absolute atomic E-state index is 11.2. The van der Waals surface area contributed by atoms with E-state index in [0.717, 1.165) is 46.2 Å². The van der Waals surface area contributed by atoms with Crippen molar-refractivity contribution in [2.45, 2.75) is 32.7 Å². The van der Waals surface area contributed by atoms with E-state index in [1.54, 1.807) is 0 Å². The van der Waals surface area contributed by atoms with Crippen LogP contribution in [-0.2, 0) is 4.79 Å². The average Bonchev–Trinajstić information content (AvgIpc) is 3.51. The zero-order valence-electron chi connectivity index (χ0n) is 16.1. The third-order valence-corrected chi connectivity index (χ3v) is 4.82. The van der Waals surface area contributed by atoms with Crippen LogP contribution in [0.15, 0.2) is 54.7 Å². The summed E-state index contributed by atoms with van der Waals surface area (Å²) in [6.07, 6.45) is 4.38. The highest BCUT2D eigenvalue weighted by molar-refractivity contribution is 5.83. The van der Waals surface area contributed by atoms with Crippen LogP contribution in [0.2, 0.25) is 0 Å². The summed E-state index contributed by atoms with van der Waals surface area (Å²) in [6.45, 7) is 4.23. The second-order valence-corrected chi connectivity index (χ2v) is 7.37. The Hall–Kier alpha value is -3.08. The van der Waals surface area contributed by atoms with Crippen molar-refractivity contribution in [3.05, 3.63) is 60.4 Å². The molecule has 5 nitrogen and oxygen atoms in total. The minimum absolute atomic E-state index is 0.0675. The van der Waals surface area contributed by atoms with E-state index < -0.39 is 0 Å². The number of aromatic nitrogens is 1. The topological polar surface area (TPSA) is 60.5 Å². The molecule has 1 amide bonds. The van der Waals surface area contributed by atoms with Crippen LogP contribution >= 0.6 is 0 Å². The maximum atomic E-state index is 11.2. The molecule has 1 fully saturated rings. The first kappa shape index (κ1) is 18.3. The highest BCUT2D eigenvalue weighted by atomic mass is 16.5. The van der Waals surface area contributed by atoms with Gasteiger partial charge >= 0.3 is 0 Å². The zero-order chi connectivity index (χ0) is 19.5. The molecule has 1 heterocycles. The molecule has 1 aromatic heterocycles. The van der Waals surface area contributed by atoms with Gasteiger partial charge in [-0.2, -0.15) is 0 Å². The van der Waals surface area contributed by atoms with Gasteiger partial charge in [-0.15, -0.1) is 0 Å². The van der Waals surface area contributed by atoms with Crippen molar-refractivity contribution in [2.75, 3.05) is 6.61 Å². The molecule has 1 N–H and O–H groups in total. The Bertz CT molecular complexity index is 981. The molecule has 5 heteroatoms. The van der Waals surface area contributed by atoms with E-state index in [0.29, 0.717) is 0 Å². The number of rotatable bonds is 7. The molecular formula is C23H24N2O3. The third kappa shape index (κ3) is 4.60. The molecule has 0 radical (unpaired) electrons. The molecule has 1 atom stereocenters. The molecule has 0 bridgehead atoms. The number of nitrogens with zero attached hydrogens (tertiary/aromatic N) is 1. The molecule has 0 saturated heterocycles. The van der Waals surface area contributed by atoms with Crippen LogP contribution in [0.5, 0.6) is 17.2 Å². The SMILES string of the molecule is CC(=O)NC(C)c1cc2ccc(Oc3ccc(OCC4CC4)cc3)cc2cn1. The van der Waals surface area contributed by atoms with Crippen molar-refractivity contribution in [1.82, 2.24) is 10.3 Å². The van der Waals surface area contributed by atoms with Crippen LogP contribution in [0.25, 0.3) is 10.8 Å². The number of amides is 1. The van der Waals surface area contributed by atoms with E-state index >= 15 is 0 Å². The molecule has 1 aliphatic rings. The molecule has 28 heavy (non-hydrogen) atoms. The van der Waals surface area contributed by atoms with Gasteiger partial charge in [0, 0.05) is 18.5 Å². The molecule has 2 aromatic carbocycles. The number of hydrogen-bond donors (Lipinski definition) is 1. The molecule has 0 aliphatic heterocycles. The summed E-state index contributed by atoms with van der Waals surface area (Å²) in [5, 5.41) is 4.90. The Morgan fingerprint density at radius 3 is 2.50 bits per heavy atom. The van der Waals surface area contributed by atoms with Crippen molar-refractivity contribution in [3.8, 4) is 17.2 Å². The lowest BCUT2D eigenvalue weighted by Crippen LogP contribution is -2.24. The number of carbonyl (C=O) groups is 1. The quantitative estimate of drug-likeness (QED) is 0.629. The van der Waals surface area contributed by atoms with Crippen LogP contribution in [-0.4, -0.2) is 17.5 Å². The molecule has 4 rings (SSSR count). The van der Waals surface area contributed by atoms with E-state index in [1.165, 1.54) is 19.8 Å². The van der Waals surface area contributed by atoms with Gasteiger partial charge in [0.1, 0.15) is 17.2 Å². The number of nitrogens with one attached hydrogen (secondary N) is 1. The molecule has 1 saturated carbocycles. The summed E-state index contributed by atoms with van der Waals surface area (Å²) >= 11 is 0. The van der Waals surface area contributed by atoms with Crippen LogP contribution in [0, 0.1) is 5.92 Å².